The number of hydrogen-bond donors (Lipinski definition) is 1. The highest BCUT2D eigenvalue weighted by molar-refractivity contribution is 7.92. The van der Waals surface area contributed by atoms with Crippen LogP contribution in [0.1, 0.15) is 11.1 Å². The van der Waals surface area contributed by atoms with Gasteiger partial charge in [-0.1, -0.05) is 24.3 Å². The zero-order valence-corrected chi connectivity index (χ0v) is 17.2. The van der Waals surface area contributed by atoms with Crippen molar-refractivity contribution in [3.05, 3.63) is 65.7 Å². The molecular weight excluding hydrogens is 398 g/mol. The Morgan fingerprint density at radius 2 is 1.50 bits per heavy atom. The van der Waals surface area contributed by atoms with E-state index in [-0.39, 0.29) is 9.92 Å². The fraction of sp³-hybridized carbons (Fsp3) is 0.158. The summed E-state index contributed by atoms with van der Waals surface area (Å²) in [6.45, 7) is 3.58. The number of anilines is 1. The van der Waals surface area contributed by atoms with Gasteiger partial charge in [0.15, 0.2) is 14.9 Å². The van der Waals surface area contributed by atoms with E-state index in [2.05, 4.69) is 14.9 Å². The van der Waals surface area contributed by atoms with Crippen LogP contribution in [0.4, 0.5) is 5.69 Å². The Kier molecular flexibility index (Phi) is 5.22. The number of sulfone groups is 1. The molecule has 1 N–H and O–H groups in total. The van der Waals surface area contributed by atoms with Crippen LogP contribution >= 0.6 is 0 Å². The maximum atomic E-state index is 12.7. The van der Waals surface area contributed by atoms with Crippen LogP contribution in [0.15, 0.2) is 64.5 Å². The molecule has 1 aromatic heterocycles. The number of aryl methyl sites for hydroxylation is 2. The van der Waals surface area contributed by atoms with E-state index in [1.54, 1.807) is 49.4 Å². The first kappa shape index (κ1) is 20.0. The maximum Gasteiger partial charge on any atom is 0.262 e. The van der Waals surface area contributed by atoms with Gasteiger partial charge in [0.25, 0.3) is 10.0 Å². The number of hydrogen-bond acceptors (Lipinski definition) is 6. The third-order valence-electron chi connectivity index (χ3n) is 4.09. The Morgan fingerprint density at radius 1 is 0.821 bits per heavy atom. The van der Waals surface area contributed by atoms with E-state index in [4.69, 9.17) is 0 Å². The lowest BCUT2D eigenvalue weighted by Gasteiger charge is -2.11. The van der Waals surface area contributed by atoms with Gasteiger partial charge >= 0.3 is 0 Å². The molecule has 0 aliphatic heterocycles. The molecule has 7 nitrogen and oxygen atoms in total. The molecule has 0 aliphatic carbocycles. The second-order valence-electron chi connectivity index (χ2n) is 6.48. The summed E-state index contributed by atoms with van der Waals surface area (Å²) >= 11 is 0. The summed E-state index contributed by atoms with van der Waals surface area (Å²) in [5, 5.41) is 7.53. The quantitative estimate of drug-likeness (QED) is 0.684. The Balaban J connectivity index is 1.84. The van der Waals surface area contributed by atoms with E-state index in [1.165, 1.54) is 6.07 Å². The maximum absolute atomic E-state index is 12.7. The van der Waals surface area contributed by atoms with Crippen molar-refractivity contribution in [1.29, 1.82) is 0 Å². The SMILES string of the molecule is Cc1ccc(C)c(S(=O)(=O)Nc2ccc(-c3ccc(S(C)(=O)=O)nn3)cc2)c1. The van der Waals surface area contributed by atoms with Crippen molar-refractivity contribution in [3.63, 3.8) is 0 Å². The minimum absolute atomic E-state index is 0.103. The van der Waals surface area contributed by atoms with Crippen molar-refractivity contribution in [3.8, 4) is 11.3 Å². The first-order chi connectivity index (χ1) is 13.1. The lowest BCUT2D eigenvalue weighted by Crippen LogP contribution is -2.14. The van der Waals surface area contributed by atoms with Crippen LogP contribution in [0, 0.1) is 13.8 Å². The van der Waals surface area contributed by atoms with E-state index in [0.29, 0.717) is 22.5 Å². The predicted molar refractivity (Wildman–Crippen MR) is 107 cm³/mol. The monoisotopic (exact) mass is 417 g/mol. The molecule has 1 heterocycles. The van der Waals surface area contributed by atoms with Gasteiger partial charge < -0.3 is 0 Å². The van der Waals surface area contributed by atoms with E-state index in [0.717, 1.165) is 11.8 Å². The van der Waals surface area contributed by atoms with Gasteiger partial charge in [0.1, 0.15) is 0 Å². The van der Waals surface area contributed by atoms with Crippen molar-refractivity contribution >= 4 is 25.5 Å². The molecule has 0 unspecified atom stereocenters. The molecule has 0 atom stereocenters. The largest absolute Gasteiger partial charge is 0.280 e. The van der Waals surface area contributed by atoms with Crippen LogP contribution in [0.25, 0.3) is 11.3 Å². The zero-order chi connectivity index (χ0) is 20.5. The van der Waals surface area contributed by atoms with Crippen LogP contribution in [-0.4, -0.2) is 33.3 Å². The minimum Gasteiger partial charge on any atom is -0.280 e. The highest BCUT2D eigenvalue weighted by Crippen LogP contribution is 2.23. The van der Waals surface area contributed by atoms with E-state index >= 15 is 0 Å². The molecule has 2 aromatic carbocycles. The molecule has 0 saturated carbocycles. The van der Waals surface area contributed by atoms with Crippen molar-refractivity contribution in [2.24, 2.45) is 0 Å². The van der Waals surface area contributed by atoms with Gasteiger partial charge in [-0.05, 0) is 55.3 Å². The first-order valence-electron chi connectivity index (χ1n) is 8.30. The topological polar surface area (TPSA) is 106 Å². The number of nitrogens with one attached hydrogen (secondary N) is 1. The number of benzene rings is 2. The summed E-state index contributed by atoms with van der Waals surface area (Å²) in [5.41, 5.74) is 3.09. The molecule has 0 saturated heterocycles. The van der Waals surface area contributed by atoms with Gasteiger partial charge in [0, 0.05) is 17.5 Å². The smallest absolute Gasteiger partial charge is 0.262 e. The summed E-state index contributed by atoms with van der Waals surface area (Å²) in [4.78, 5) is 0.235. The second kappa shape index (κ2) is 7.33. The molecule has 146 valence electrons. The lowest BCUT2D eigenvalue weighted by molar-refractivity contribution is 0.595. The minimum atomic E-state index is -3.71. The molecule has 0 spiro atoms. The molecule has 28 heavy (non-hydrogen) atoms. The molecule has 0 radical (unpaired) electrons. The summed E-state index contributed by atoms with van der Waals surface area (Å²) in [6, 6.07) is 14.8. The molecule has 0 bridgehead atoms. The van der Waals surface area contributed by atoms with Crippen LogP contribution in [0.2, 0.25) is 0 Å². The Bertz CT molecular complexity index is 1220. The van der Waals surface area contributed by atoms with Crippen LogP contribution in [0.5, 0.6) is 0 Å². The Labute approximate surface area is 164 Å². The summed E-state index contributed by atoms with van der Waals surface area (Å²) in [5.74, 6) is 0. The molecule has 0 amide bonds. The number of sulfonamides is 1. The molecule has 9 heteroatoms. The average Bonchev–Trinajstić information content (AvgIpc) is 2.63. The number of rotatable bonds is 5. The highest BCUT2D eigenvalue weighted by Gasteiger charge is 2.17. The van der Waals surface area contributed by atoms with E-state index in [9.17, 15) is 16.8 Å². The fourth-order valence-electron chi connectivity index (χ4n) is 2.59. The van der Waals surface area contributed by atoms with Gasteiger partial charge in [-0.2, -0.15) is 0 Å². The number of aromatic nitrogens is 2. The molecule has 0 aliphatic rings. The summed E-state index contributed by atoms with van der Waals surface area (Å²) in [7, 11) is -7.12. The van der Waals surface area contributed by atoms with Crippen molar-refractivity contribution in [2.75, 3.05) is 11.0 Å². The van der Waals surface area contributed by atoms with Crippen LogP contribution < -0.4 is 4.72 Å². The Hall–Kier alpha value is -2.78. The average molecular weight is 418 g/mol. The van der Waals surface area contributed by atoms with Crippen molar-refractivity contribution in [2.45, 2.75) is 23.8 Å². The van der Waals surface area contributed by atoms with Gasteiger partial charge in [0.05, 0.1) is 10.6 Å². The lowest BCUT2D eigenvalue weighted by atomic mass is 10.1. The standard InChI is InChI=1S/C19H19N3O4S2/c1-13-4-5-14(2)18(12-13)28(25,26)22-16-8-6-15(7-9-16)17-10-11-19(21-20-17)27(3,23)24/h4-12,22H,1-3H3. The zero-order valence-electron chi connectivity index (χ0n) is 15.5. The normalized spacial score (nSPS) is 12.0. The molecule has 0 fully saturated rings. The summed E-state index contributed by atoms with van der Waals surface area (Å²) in [6.07, 6.45) is 1.06. The van der Waals surface area contributed by atoms with Gasteiger partial charge in [-0.3, -0.25) is 4.72 Å². The summed E-state index contributed by atoms with van der Waals surface area (Å²) < 4.78 is 50.8. The number of nitrogens with zero attached hydrogens (tertiary/aromatic N) is 2. The van der Waals surface area contributed by atoms with E-state index < -0.39 is 19.9 Å². The van der Waals surface area contributed by atoms with Gasteiger partial charge in [-0.25, -0.2) is 16.8 Å². The third-order valence-corrected chi connectivity index (χ3v) is 6.59. The molecular formula is C19H19N3O4S2. The fourth-order valence-corrected chi connectivity index (χ4v) is 4.48. The van der Waals surface area contributed by atoms with E-state index in [1.807, 2.05) is 13.0 Å². The predicted octanol–water partition coefficient (Wildman–Crippen LogP) is 2.96. The van der Waals surface area contributed by atoms with Crippen LogP contribution in [0.3, 0.4) is 0 Å². The molecule has 3 rings (SSSR count). The van der Waals surface area contributed by atoms with Crippen molar-refractivity contribution < 1.29 is 16.8 Å². The molecule has 3 aromatic rings. The van der Waals surface area contributed by atoms with Crippen LogP contribution in [-0.2, 0) is 19.9 Å². The Morgan fingerprint density at radius 3 is 2.07 bits per heavy atom. The van der Waals surface area contributed by atoms with Gasteiger partial charge in [-0.15, -0.1) is 10.2 Å². The second-order valence-corrected chi connectivity index (χ2v) is 10.1. The highest BCUT2D eigenvalue weighted by atomic mass is 32.2. The van der Waals surface area contributed by atoms with Gasteiger partial charge in [0.2, 0.25) is 0 Å². The first-order valence-corrected chi connectivity index (χ1v) is 11.7. The third kappa shape index (κ3) is 4.37. The van der Waals surface area contributed by atoms with Crippen molar-refractivity contribution in [1.82, 2.24) is 10.2 Å².